The quantitative estimate of drug-likeness (QED) is 0.921. The van der Waals surface area contributed by atoms with Crippen molar-refractivity contribution in [3.8, 4) is 5.75 Å². The van der Waals surface area contributed by atoms with Gasteiger partial charge in [-0.3, -0.25) is 4.79 Å². The molecule has 0 saturated carbocycles. The molecular formula is C17H18ClNO2. The molecule has 0 fully saturated rings. The summed E-state index contributed by atoms with van der Waals surface area (Å²) in [6.45, 7) is 3.87. The van der Waals surface area contributed by atoms with E-state index < -0.39 is 0 Å². The average Bonchev–Trinajstić information content (AvgIpc) is 2.47. The van der Waals surface area contributed by atoms with E-state index in [4.69, 9.17) is 16.3 Å². The standard InChI is InChI=1S/C17H18ClNO2/c1-11-7-8-14(10-16(11)21-3)17(20)19-12(2)13-5-4-6-15(18)9-13/h4-10,12H,1-3H3,(H,19,20)/t12-/m0/s1. The first-order chi connectivity index (χ1) is 10.0. The zero-order valence-electron chi connectivity index (χ0n) is 12.3. The molecular weight excluding hydrogens is 286 g/mol. The lowest BCUT2D eigenvalue weighted by Crippen LogP contribution is -2.26. The zero-order valence-corrected chi connectivity index (χ0v) is 13.1. The fraction of sp³-hybridized carbons (Fsp3) is 0.235. The molecule has 0 unspecified atom stereocenters. The molecule has 1 amide bonds. The molecule has 2 aromatic carbocycles. The average molecular weight is 304 g/mol. The van der Waals surface area contributed by atoms with Crippen LogP contribution in [0.4, 0.5) is 0 Å². The fourth-order valence-corrected chi connectivity index (χ4v) is 2.30. The van der Waals surface area contributed by atoms with Crippen LogP contribution in [0.1, 0.15) is 34.5 Å². The summed E-state index contributed by atoms with van der Waals surface area (Å²) in [6.07, 6.45) is 0. The van der Waals surface area contributed by atoms with Crippen LogP contribution in [-0.4, -0.2) is 13.0 Å². The summed E-state index contributed by atoms with van der Waals surface area (Å²) in [6, 6.07) is 12.8. The highest BCUT2D eigenvalue weighted by molar-refractivity contribution is 6.30. The normalized spacial score (nSPS) is 11.8. The van der Waals surface area contributed by atoms with Gasteiger partial charge in [-0.1, -0.05) is 29.8 Å². The molecule has 2 aromatic rings. The van der Waals surface area contributed by atoms with Gasteiger partial charge in [-0.2, -0.15) is 0 Å². The predicted octanol–water partition coefficient (Wildman–Crippen LogP) is 4.15. The molecule has 0 spiro atoms. The molecule has 0 aliphatic heterocycles. The zero-order chi connectivity index (χ0) is 15.4. The second-order valence-corrected chi connectivity index (χ2v) is 5.37. The molecule has 1 atom stereocenters. The number of halogens is 1. The minimum atomic E-state index is -0.138. The lowest BCUT2D eigenvalue weighted by atomic mass is 10.1. The summed E-state index contributed by atoms with van der Waals surface area (Å²) in [5.41, 5.74) is 2.54. The molecule has 0 aliphatic rings. The molecule has 0 radical (unpaired) electrons. The van der Waals surface area contributed by atoms with E-state index in [1.54, 1.807) is 19.2 Å². The fourth-order valence-electron chi connectivity index (χ4n) is 2.10. The first-order valence-corrected chi connectivity index (χ1v) is 7.10. The molecule has 21 heavy (non-hydrogen) atoms. The van der Waals surface area contributed by atoms with Crippen LogP contribution < -0.4 is 10.1 Å². The Labute approximate surface area is 129 Å². The SMILES string of the molecule is COc1cc(C(=O)N[C@@H](C)c2cccc(Cl)c2)ccc1C. The van der Waals surface area contributed by atoms with E-state index in [1.807, 2.05) is 44.2 Å². The Kier molecular flexibility index (Phi) is 4.86. The van der Waals surface area contributed by atoms with Crippen LogP contribution in [0.3, 0.4) is 0 Å². The Hall–Kier alpha value is -2.00. The highest BCUT2D eigenvalue weighted by atomic mass is 35.5. The van der Waals surface area contributed by atoms with Crippen LogP contribution in [0.2, 0.25) is 5.02 Å². The Morgan fingerprint density at radius 3 is 2.67 bits per heavy atom. The van der Waals surface area contributed by atoms with E-state index in [0.717, 1.165) is 11.1 Å². The molecule has 3 nitrogen and oxygen atoms in total. The third-order valence-corrected chi connectivity index (χ3v) is 3.60. The van der Waals surface area contributed by atoms with Crippen molar-refractivity contribution < 1.29 is 9.53 Å². The monoisotopic (exact) mass is 303 g/mol. The van der Waals surface area contributed by atoms with Gasteiger partial charge in [-0.05, 0) is 49.2 Å². The van der Waals surface area contributed by atoms with Crippen molar-refractivity contribution in [2.75, 3.05) is 7.11 Å². The maximum Gasteiger partial charge on any atom is 0.251 e. The smallest absolute Gasteiger partial charge is 0.251 e. The van der Waals surface area contributed by atoms with E-state index in [0.29, 0.717) is 16.3 Å². The van der Waals surface area contributed by atoms with Gasteiger partial charge in [0.15, 0.2) is 0 Å². The number of carbonyl (C=O) groups excluding carboxylic acids is 1. The van der Waals surface area contributed by atoms with Gasteiger partial charge in [0, 0.05) is 10.6 Å². The predicted molar refractivity (Wildman–Crippen MR) is 85.1 cm³/mol. The minimum absolute atomic E-state index is 0.122. The Bertz CT molecular complexity index is 655. The molecule has 4 heteroatoms. The molecule has 2 rings (SSSR count). The minimum Gasteiger partial charge on any atom is -0.496 e. The topological polar surface area (TPSA) is 38.3 Å². The molecule has 110 valence electrons. The lowest BCUT2D eigenvalue weighted by molar-refractivity contribution is 0.0939. The summed E-state index contributed by atoms with van der Waals surface area (Å²) in [4.78, 5) is 12.3. The van der Waals surface area contributed by atoms with Gasteiger partial charge in [0.25, 0.3) is 5.91 Å². The maximum atomic E-state index is 12.3. The number of amides is 1. The van der Waals surface area contributed by atoms with E-state index in [-0.39, 0.29) is 11.9 Å². The maximum absolute atomic E-state index is 12.3. The van der Waals surface area contributed by atoms with Gasteiger partial charge < -0.3 is 10.1 Å². The number of methoxy groups -OCH3 is 1. The molecule has 0 aromatic heterocycles. The third kappa shape index (κ3) is 3.76. The Morgan fingerprint density at radius 1 is 1.24 bits per heavy atom. The summed E-state index contributed by atoms with van der Waals surface area (Å²) in [5.74, 6) is 0.568. The van der Waals surface area contributed by atoms with Crippen molar-refractivity contribution in [2.24, 2.45) is 0 Å². The Morgan fingerprint density at radius 2 is 2.00 bits per heavy atom. The second-order valence-electron chi connectivity index (χ2n) is 4.93. The number of hydrogen-bond donors (Lipinski definition) is 1. The Balaban J connectivity index is 2.14. The van der Waals surface area contributed by atoms with E-state index in [9.17, 15) is 4.79 Å². The summed E-state index contributed by atoms with van der Waals surface area (Å²) in [7, 11) is 1.60. The summed E-state index contributed by atoms with van der Waals surface area (Å²) in [5, 5.41) is 3.62. The number of ether oxygens (including phenoxy) is 1. The lowest BCUT2D eigenvalue weighted by Gasteiger charge is -2.15. The van der Waals surface area contributed by atoms with Gasteiger partial charge in [0.1, 0.15) is 5.75 Å². The highest BCUT2D eigenvalue weighted by Crippen LogP contribution is 2.21. The highest BCUT2D eigenvalue weighted by Gasteiger charge is 2.13. The van der Waals surface area contributed by atoms with Crippen molar-refractivity contribution >= 4 is 17.5 Å². The number of nitrogens with one attached hydrogen (secondary N) is 1. The van der Waals surface area contributed by atoms with E-state index >= 15 is 0 Å². The van der Waals surface area contributed by atoms with Crippen molar-refractivity contribution in [1.29, 1.82) is 0 Å². The van der Waals surface area contributed by atoms with Gasteiger partial charge in [-0.25, -0.2) is 0 Å². The van der Waals surface area contributed by atoms with Gasteiger partial charge in [0.05, 0.1) is 13.2 Å². The van der Waals surface area contributed by atoms with Crippen molar-refractivity contribution in [2.45, 2.75) is 19.9 Å². The number of carbonyl (C=O) groups is 1. The van der Waals surface area contributed by atoms with Crippen molar-refractivity contribution in [1.82, 2.24) is 5.32 Å². The van der Waals surface area contributed by atoms with Crippen LogP contribution >= 0.6 is 11.6 Å². The van der Waals surface area contributed by atoms with E-state index in [2.05, 4.69) is 5.32 Å². The van der Waals surface area contributed by atoms with Gasteiger partial charge in [-0.15, -0.1) is 0 Å². The third-order valence-electron chi connectivity index (χ3n) is 3.37. The molecule has 1 N–H and O–H groups in total. The molecule has 0 heterocycles. The van der Waals surface area contributed by atoms with Crippen LogP contribution in [0.25, 0.3) is 0 Å². The second kappa shape index (κ2) is 6.64. The van der Waals surface area contributed by atoms with Crippen LogP contribution in [-0.2, 0) is 0 Å². The van der Waals surface area contributed by atoms with Gasteiger partial charge in [0.2, 0.25) is 0 Å². The largest absolute Gasteiger partial charge is 0.496 e. The molecule has 0 saturated heterocycles. The molecule has 0 bridgehead atoms. The van der Waals surface area contributed by atoms with Crippen LogP contribution in [0, 0.1) is 6.92 Å². The number of rotatable bonds is 4. The van der Waals surface area contributed by atoms with Crippen molar-refractivity contribution in [3.63, 3.8) is 0 Å². The van der Waals surface area contributed by atoms with Crippen LogP contribution in [0.15, 0.2) is 42.5 Å². The number of aryl methyl sites for hydroxylation is 1. The number of hydrogen-bond acceptors (Lipinski definition) is 2. The van der Waals surface area contributed by atoms with Crippen LogP contribution in [0.5, 0.6) is 5.75 Å². The van der Waals surface area contributed by atoms with E-state index in [1.165, 1.54) is 0 Å². The van der Waals surface area contributed by atoms with Gasteiger partial charge >= 0.3 is 0 Å². The summed E-state index contributed by atoms with van der Waals surface area (Å²) < 4.78 is 5.24. The number of benzene rings is 2. The first kappa shape index (κ1) is 15.4. The first-order valence-electron chi connectivity index (χ1n) is 6.72. The summed E-state index contributed by atoms with van der Waals surface area (Å²) >= 11 is 5.97. The molecule has 0 aliphatic carbocycles. The van der Waals surface area contributed by atoms with Crippen molar-refractivity contribution in [3.05, 3.63) is 64.2 Å².